The average molecular weight is 252 g/mol. The maximum atomic E-state index is 5.73. The van der Waals surface area contributed by atoms with Gasteiger partial charge in [0.1, 0.15) is 6.10 Å². The number of methoxy groups -OCH3 is 1. The fraction of sp³-hybridized carbons (Fsp3) is 0.615. The predicted octanol–water partition coefficient (Wildman–Crippen LogP) is 1.96. The molecule has 0 saturated carbocycles. The Morgan fingerprint density at radius 1 is 1.56 bits per heavy atom. The molecule has 5 heteroatoms. The average Bonchev–Trinajstić information content (AvgIpc) is 2.66. The Kier molecular flexibility index (Phi) is 3.73. The zero-order valence-corrected chi connectivity index (χ0v) is 11.3. The molecular weight excluding hydrogens is 232 g/mol. The van der Waals surface area contributed by atoms with Crippen LogP contribution in [0.3, 0.4) is 0 Å². The largest absolute Gasteiger partial charge is 0.493 e. The van der Waals surface area contributed by atoms with Gasteiger partial charge in [0.05, 0.1) is 25.6 Å². The molecule has 1 N–H and O–H groups in total. The van der Waals surface area contributed by atoms with E-state index in [9.17, 15) is 0 Å². The molecule has 100 valence electrons. The Morgan fingerprint density at radius 2 is 2.33 bits per heavy atom. The van der Waals surface area contributed by atoms with Gasteiger partial charge in [0, 0.05) is 12.2 Å². The smallest absolute Gasteiger partial charge is 0.163 e. The lowest BCUT2D eigenvalue weighted by Gasteiger charge is -2.18. The lowest BCUT2D eigenvalue weighted by molar-refractivity contribution is -0.136. The van der Waals surface area contributed by atoms with Gasteiger partial charge in [-0.1, -0.05) is 0 Å². The molecule has 1 unspecified atom stereocenters. The highest BCUT2D eigenvalue weighted by atomic mass is 16.7. The first-order chi connectivity index (χ1) is 8.50. The minimum Gasteiger partial charge on any atom is -0.493 e. The van der Waals surface area contributed by atoms with Crippen LogP contribution in [0.15, 0.2) is 12.3 Å². The van der Waals surface area contributed by atoms with Crippen LogP contribution in [0.2, 0.25) is 0 Å². The van der Waals surface area contributed by atoms with Crippen LogP contribution in [0.25, 0.3) is 0 Å². The van der Waals surface area contributed by atoms with Gasteiger partial charge in [0.2, 0.25) is 0 Å². The number of hydrogen-bond donors (Lipinski definition) is 1. The van der Waals surface area contributed by atoms with Crippen LogP contribution in [0.5, 0.6) is 5.75 Å². The molecule has 0 aliphatic carbocycles. The Bertz CT molecular complexity index is 421. The fourth-order valence-electron chi connectivity index (χ4n) is 1.94. The van der Waals surface area contributed by atoms with Crippen LogP contribution in [0.4, 0.5) is 5.69 Å². The summed E-state index contributed by atoms with van der Waals surface area (Å²) in [6.45, 7) is 7.08. The van der Waals surface area contributed by atoms with E-state index >= 15 is 0 Å². The second kappa shape index (κ2) is 5.12. The molecule has 1 aromatic rings. The number of anilines is 1. The molecule has 0 bridgehead atoms. The Morgan fingerprint density at radius 3 is 2.94 bits per heavy atom. The Balaban J connectivity index is 1.96. The van der Waals surface area contributed by atoms with E-state index < -0.39 is 5.79 Å². The van der Waals surface area contributed by atoms with Crippen molar-refractivity contribution < 1.29 is 14.2 Å². The van der Waals surface area contributed by atoms with Crippen molar-refractivity contribution in [3.05, 3.63) is 18.0 Å². The second-order valence-corrected chi connectivity index (χ2v) is 4.86. The van der Waals surface area contributed by atoms with Gasteiger partial charge < -0.3 is 19.5 Å². The van der Waals surface area contributed by atoms with Crippen molar-refractivity contribution in [2.75, 3.05) is 25.6 Å². The van der Waals surface area contributed by atoms with Crippen LogP contribution in [0.1, 0.15) is 19.5 Å². The third-order valence-corrected chi connectivity index (χ3v) is 2.81. The maximum absolute atomic E-state index is 5.73. The lowest BCUT2D eigenvalue weighted by Crippen LogP contribution is -2.26. The van der Waals surface area contributed by atoms with Crippen molar-refractivity contribution >= 4 is 5.69 Å². The highest BCUT2D eigenvalue weighted by Gasteiger charge is 2.32. The zero-order chi connectivity index (χ0) is 13.2. The van der Waals surface area contributed by atoms with Gasteiger partial charge in [-0.25, -0.2) is 0 Å². The van der Waals surface area contributed by atoms with Gasteiger partial charge in [0.15, 0.2) is 11.5 Å². The summed E-state index contributed by atoms with van der Waals surface area (Å²) in [6, 6.07) is 1.96. The molecule has 0 aromatic carbocycles. The monoisotopic (exact) mass is 252 g/mol. The normalized spacial score (nSPS) is 21.9. The summed E-state index contributed by atoms with van der Waals surface area (Å²) in [5.41, 5.74) is 1.88. The summed E-state index contributed by atoms with van der Waals surface area (Å²) in [6.07, 6.45) is 1.77. The van der Waals surface area contributed by atoms with E-state index in [4.69, 9.17) is 14.2 Å². The molecule has 5 nitrogen and oxygen atoms in total. The maximum Gasteiger partial charge on any atom is 0.163 e. The SMILES string of the molecule is COc1cnc(C)cc1NCC1COC(C)(C)O1. The molecular formula is C13H20N2O3. The summed E-state index contributed by atoms with van der Waals surface area (Å²) in [4.78, 5) is 4.19. The molecule has 0 radical (unpaired) electrons. The highest BCUT2D eigenvalue weighted by molar-refractivity contribution is 5.55. The second-order valence-electron chi connectivity index (χ2n) is 4.86. The molecule has 2 rings (SSSR count). The van der Waals surface area contributed by atoms with Crippen LogP contribution in [-0.4, -0.2) is 37.1 Å². The number of pyridine rings is 1. The van der Waals surface area contributed by atoms with Gasteiger partial charge in [-0.15, -0.1) is 0 Å². The van der Waals surface area contributed by atoms with Gasteiger partial charge in [0.25, 0.3) is 0 Å². The van der Waals surface area contributed by atoms with E-state index in [1.807, 2.05) is 26.8 Å². The van der Waals surface area contributed by atoms with Crippen molar-refractivity contribution in [3.63, 3.8) is 0 Å². The lowest BCUT2D eigenvalue weighted by atomic mass is 10.3. The Hall–Kier alpha value is -1.33. The predicted molar refractivity (Wildman–Crippen MR) is 68.9 cm³/mol. The minimum absolute atomic E-state index is 0.0539. The van der Waals surface area contributed by atoms with E-state index in [2.05, 4.69) is 10.3 Å². The molecule has 1 aliphatic rings. The molecule has 1 aliphatic heterocycles. The van der Waals surface area contributed by atoms with Crippen molar-refractivity contribution in [1.82, 2.24) is 4.98 Å². The minimum atomic E-state index is -0.482. The van der Waals surface area contributed by atoms with E-state index in [1.54, 1.807) is 13.3 Å². The zero-order valence-electron chi connectivity index (χ0n) is 11.3. The van der Waals surface area contributed by atoms with Crippen LogP contribution >= 0.6 is 0 Å². The molecule has 1 saturated heterocycles. The summed E-state index contributed by atoms with van der Waals surface area (Å²) in [5, 5.41) is 3.31. The number of rotatable bonds is 4. The number of aromatic nitrogens is 1. The van der Waals surface area contributed by atoms with Crippen molar-refractivity contribution in [2.45, 2.75) is 32.7 Å². The van der Waals surface area contributed by atoms with Gasteiger partial charge in [-0.2, -0.15) is 0 Å². The third kappa shape index (κ3) is 3.11. The van der Waals surface area contributed by atoms with E-state index in [0.29, 0.717) is 13.2 Å². The molecule has 1 fully saturated rings. The summed E-state index contributed by atoms with van der Waals surface area (Å²) >= 11 is 0. The van der Waals surface area contributed by atoms with Crippen LogP contribution < -0.4 is 10.1 Å². The van der Waals surface area contributed by atoms with Crippen molar-refractivity contribution in [2.24, 2.45) is 0 Å². The standard InChI is InChI=1S/C13H20N2O3/c1-9-5-11(12(16-4)7-14-9)15-6-10-8-17-13(2,3)18-10/h5,7,10H,6,8H2,1-4H3,(H,14,15). The van der Waals surface area contributed by atoms with Crippen LogP contribution in [-0.2, 0) is 9.47 Å². The van der Waals surface area contributed by atoms with E-state index in [0.717, 1.165) is 17.1 Å². The molecule has 0 spiro atoms. The molecule has 2 heterocycles. The number of aryl methyl sites for hydroxylation is 1. The first kappa shape index (κ1) is 13.1. The first-order valence-electron chi connectivity index (χ1n) is 6.06. The third-order valence-electron chi connectivity index (χ3n) is 2.81. The quantitative estimate of drug-likeness (QED) is 0.887. The Labute approximate surface area is 107 Å². The molecule has 1 aromatic heterocycles. The van der Waals surface area contributed by atoms with E-state index in [1.165, 1.54) is 0 Å². The number of hydrogen-bond acceptors (Lipinski definition) is 5. The number of ether oxygens (including phenoxy) is 3. The summed E-state index contributed by atoms with van der Waals surface area (Å²) < 4.78 is 16.5. The van der Waals surface area contributed by atoms with E-state index in [-0.39, 0.29) is 6.10 Å². The van der Waals surface area contributed by atoms with Gasteiger partial charge in [-0.3, -0.25) is 4.98 Å². The highest BCUT2D eigenvalue weighted by Crippen LogP contribution is 2.26. The summed E-state index contributed by atoms with van der Waals surface area (Å²) in [5.74, 6) is 0.253. The fourth-order valence-corrected chi connectivity index (χ4v) is 1.94. The number of nitrogens with zero attached hydrogens (tertiary/aromatic N) is 1. The summed E-state index contributed by atoms with van der Waals surface area (Å²) in [7, 11) is 1.63. The molecule has 0 amide bonds. The molecule has 18 heavy (non-hydrogen) atoms. The van der Waals surface area contributed by atoms with Crippen molar-refractivity contribution in [1.29, 1.82) is 0 Å². The van der Waals surface area contributed by atoms with Crippen molar-refractivity contribution in [3.8, 4) is 5.75 Å². The number of nitrogens with one attached hydrogen (secondary N) is 1. The first-order valence-corrected chi connectivity index (χ1v) is 6.06. The topological polar surface area (TPSA) is 52.6 Å². The van der Waals surface area contributed by atoms with Gasteiger partial charge in [-0.05, 0) is 26.8 Å². The molecule has 1 atom stereocenters. The van der Waals surface area contributed by atoms with Crippen LogP contribution in [0, 0.1) is 6.92 Å². The van der Waals surface area contributed by atoms with Gasteiger partial charge >= 0.3 is 0 Å².